The van der Waals surface area contributed by atoms with Gasteiger partial charge in [-0.1, -0.05) is 25.1 Å². The fourth-order valence-electron chi connectivity index (χ4n) is 2.85. The van der Waals surface area contributed by atoms with Gasteiger partial charge in [0.2, 0.25) is 5.95 Å². The third-order valence-corrected chi connectivity index (χ3v) is 4.22. The smallest absolute Gasteiger partial charge is 0.334 e. The molecule has 1 aliphatic heterocycles. The molecule has 3 rings (SSSR count). The average molecular weight is 384 g/mol. The van der Waals surface area contributed by atoms with Gasteiger partial charge in [-0.15, -0.1) is 0 Å². The third kappa shape index (κ3) is 4.70. The Morgan fingerprint density at radius 2 is 1.96 bits per heavy atom. The molecule has 0 spiro atoms. The van der Waals surface area contributed by atoms with E-state index in [1.165, 1.54) is 0 Å². The first-order chi connectivity index (χ1) is 13.6. The van der Waals surface area contributed by atoms with Gasteiger partial charge < -0.3 is 25.7 Å². The fourth-order valence-corrected chi connectivity index (χ4v) is 2.85. The molecule has 0 saturated carbocycles. The highest BCUT2D eigenvalue weighted by molar-refractivity contribution is 5.95. The maximum absolute atomic E-state index is 11.6. The van der Waals surface area contributed by atoms with Crippen LogP contribution in [0, 0.1) is 0 Å². The minimum atomic E-state index is -0.266. The van der Waals surface area contributed by atoms with Crippen LogP contribution in [0.1, 0.15) is 31.0 Å². The minimum Gasteiger partial charge on any atom is -0.493 e. The number of aromatic nitrogens is 2. The number of nitrogen functional groups attached to an aromatic ring is 2. The predicted molar refractivity (Wildman–Crippen MR) is 106 cm³/mol. The van der Waals surface area contributed by atoms with Gasteiger partial charge in [0, 0.05) is 24.0 Å². The van der Waals surface area contributed by atoms with Gasteiger partial charge in [0.1, 0.15) is 5.75 Å². The summed E-state index contributed by atoms with van der Waals surface area (Å²) >= 11 is 0. The van der Waals surface area contributed by atoms with Crippen molar-refractivity contribution in [3.63, 3.8) is 0 Å². The van der Waals surface area contributed by atoms with E-state index in [9.17, 15) is 4.79 Å². The molecule has 1 aliphatic rings. The molecule has 0 atom stereocenters. The lowest BCUT2D eigenvalue weighted by molar-refractivity contribution is -0.134. The summed E-state index contributed by atoms with van der Waals surface area (Å²) in [5, 5.41) is 0. The van der Waals surface area contributed by atoms with Gasteiger partial charge in [0.05, 0.1) is 25.5 Å². The number of nitrogens with two attached hydrogens (primary N) is 2. The summed E-state index contributed by atoms with van der Waals surface area (Å²) in [6.45, 7) is 3.23. The minimum absolute atomic E-state index is 0.141. The standard InChI is InChI=1S/C20H24N4O4/c1-2-15-17(18(21)24-20(22)23-15)27-10-5-9-26-16-7-4-3-6-13(16)12-14-8-11-28-19(14)25/h3-4,6-7,12H,2,5,8-11H2,1H3,(H4,21,22,23,24)/b14-12+. The molecule has 0 amide bonds. The lowest BCUT2D eigenvalue weighted by atomic mass is 10.1. The number of hydrogen-bond acceptors (Lipinski definition) is 8. The Kier molecular flexibility index (Phi) is 6.31. The van der Waals surface area contributed by atoms with E-state index in [-0.39, 0.29) is 17.7 Å². The second kappa shape index (κ2) is 9.07. The molecule has 148 valence electrons. The van der Waals surface area contributed by atoms with Crippen molar-refractivity contribution in [2.45, 2.75) is 26.2 Å². The molecule has 8 heteroatoms. The van der Waals surface area contributed by atoms with Crippen molar-refractivity contribution in [2.24, 2.45) is 0 Å². The molecular formula is C20H24N4O4. The molecule has 0 bridgehead atoms. The van der Waals surface area contributed by atoms with Gasteiger partial charge >= 0.3 is 5.97 Å². The summed E-state index contributed by atoms with van der Waals surface area (Å²) in [6.07, 6.45) is 3.72. The molecule has 1 fully saturated rings. The van der Waals surface area contributed by atoms with Crippen molar-refractivity contribution in [2.75, 3.05) is 31.3 Å². The first-order valence-electron chi connectivity index (χ1n) is 9.22. The Morgan fingerprint density at radius 1 is 1.18 bits per heavy atom. The lowest BCUT2D eigenvalue weighted by Gasteiger charge is -2.13. The first-order valence-corrected chi connectivity index (χ1v) is 9.22. The van der Waals surface area contributed by atoms with Crippen LogP contribution in [-0.2, 0) is 16.0 Å². The van der Waals surface area contributed by atoms with Crippen LogP contribution in [0.4, 0.5) is 11.8 Å². The molecule has 28 heavy (non-hydrogen) atoms. The molecular weight excluding hydrogens is 360 g/mol. The maximum atomic E-state index is 11.6. The van der Waals surface area contributed by atoms with E-state index in [1.807, 2.05) is 37.3 Å². The van der Waals surface area contributed by atoms with Crippen molar-refractivity contribution in [3.05, 3.63) is 41.1 Å². The summed E-state index contributed by atoms with van der Waals surface area (Å²) in [5.74, 6) is 1.30. The van der Waals surface area contributed by atoms with Crippen LogP contribution in [0.15, 0.2) is 29.8 Å². The second-order valence-electron chi connectivity index (χ2n) is 6.24. The summed E-state index contributed by atoms with van der Waals surface area (Å²) in [7, 11) is 0. The number of cyclic esters (lactones) is 1. The predicted octanol–water partition coefficient (Wildman–Crippen LogP) is 2.38. The van der Waals surface area contributed by atoms with E-state index >= 15 is 0 Å². The molecule has 0 radical (unpaired) electrons. The molecule has 1 aromatic carbocycles. The van der Waals surface area contributed by atoms with E-state index in [4.69, 9.17) is 25.7 Å². The van der Waals surface area contributed by atoms with E-state index in [1.54, 1.807) is 0 Å². The third-order valence-electron chi connectivity index (χ3n) is 4.22. The lowest BCUT2D eigenvalue weighted by Crippen LogP contribution is -2.11. The topological polar surface area (TPSA) is 123 Å². The van der Waals surface area contributed by atoms with Crippen molar-refractivity contribution in [1.82, 2.24) is 9.97 Å². The number of esters is 1. The Bertz CT molecular complexity index is 883. The van der Waals surface area contributed by atoms with Crippen LogP contribution in [0.3, 0.4) is 0 Å². The van der Waals surface area contributed by atoms with Gasteiger partial charge in [-0.2, -0.15) is 4.98 Å². The number of carbonyl (C=O) groups excluding carboxylic acids is 1. The van der Waals surface area contributed by atoms with Crippen LogP contribution in [0.5, 0.6) is 11.5 Å². The zero-order valence-electron chi connectivity index (χ0n) is 15.8. The van der Waals surface area contributed by atoms with Crippen molar-refractivity contribution >= 4 is 23.8 Å². The average Bonchev–Trinajstić information content (AvgIpc) is 3.08. The number of aryl methyl sites for hydroxylation is 1. The van der Waals surface area contributed by atoms with Crippen molar-refractivity contribution < 1.29 is 19.0 Å². The summed E-state index contributed by atoms with van der Waals surface area (Å²) in [4.78, 5) is 19.7. The zero-order valence-corrected chi connectivity index (χ0v) is 15.8. The molecule has 1 aromatic heterocycles. The van der Waals surface area contributed by atoms with Crippen molar-refractivity contribution in [3.8, 4) is 11.5 Å². The molecule has 2 aromatic rings. The van der Waals surface area contributed by atoms with Gasteiger partial charge in [-0.25, -0.2) is 9.78 Å². The number of benzene rings is 1. The SMILES string of the molecule is CCc1nc(N)nc(N)c1OCCCOc1ccccc1/C=C1\CCOC1=O. The molecule has 8 nitrogen and oxygen atoms in total. The van der Waals surface area contributed by atoms with Crippen LogP contribution in [0.25, 0.3) is 6.08 Å². The van der Waals surface area contributed by atoms with Crippen LogP contribution < -0.4 is 20.9 Å². The van der Waals surface area contributed by atoms with E-state index in [0.717, 1.165) is 5.56 Å². The normalized spacial score (nSPS) is 14.9. The van der Waals surface area contributed by atoms with Crippen LogP contribution >= 0.6 is 0 Å². The van der Waals surface area contributed by atoms with Gasteiger partial charge in [0.15, 0.2) is 11.6 Å². The number of para-hydroxylation sites is 1. The molecule has 2 heterocycles. The molecule has 0 unspecified atom stereocenters. The molecule has 0 aliphatic carbocycles. The van der Waals surface area contributed by atoms with Crippen LogP contribution in [0.2, 0.25) is 0 Å². The van der Waals surface area contributed by atoms with E-state index in [2.05, 4.69) is 9.97 Å². The number of ether oxygens (including phenoxy) is 3. The Hall–Kier alpha value is -3.29. The van der Waals surface area contributed by atoms with Gasteiger partial charge in [0.25, 0.3) is 0 Å². The highest BCUT2D eigenvalue weighted by atomic mass is 16.5. The number of anilines is 2. The number of nitrogens with zero attached hydrogens (tertiary/aromatic N) is 2. The maximum Gasteiger partial charge on any atom is 0.334 e. The monoisotopic (exact) mass is 384 g/mol. The summed E-state index contributed by atoms with van der Waals surface area (Å²) < 4.78 is 16.6. The summed E-state index contributed by atoms with van der Waals surface area (Å²) in [5.41, 5.74) is 13.7. The first kappa shape index (κ1) is 19.5. The number of rotatable bonds is 8. The quantitative estimate of drug-likeness (QED) is 0.404. The number of hydrogen-bond donors (Lipinski definition) is 2. The van der Waals surface area contributed by atoms with Crippen molar-refractivity contribution in [1.29, 1.82) is 0 Å². The second-order valence-corrected chi connectivity index (χ2v) is 6.24. The fraction of sp³-hybridized carbons (Fsp3) is 0.350. The Balaban J connectivity index is 1.55. The van der Waals surface area contributed by atoms with E-state index < -0.39 is 0 Å². The van der Waals surface area contributed by atoms with Gasteiger partial charge in [-0.05, 0) is 18.6 Å². The highest BCUT2D eigenvalue weighted by Gasteiger charge is 2.19. The highest BCUT2D eigenvalue weighted by Crippen LogP contribution is 2.26. The number of carbonyl (C=O) groups is 1. The Morgan fingerprint density at radius 3 is 2.71 bits per heavy atom. The Labute approximate surface area is 163 Å². The largest absolute Gasteiger partial charge is 0.493 e. The van der Waals surface area contributed by atoms with Gasteiger partial charge in [-0.3, -0.25) is 0 Å². The zero-order chi connectivity index (χ0) is 19.9. The van der Waals surface area contributed by atoms with E-state index in [0.29, 0.717) is 61.8 Å². The van der Waals surface area contributed by atoms with Crippen LogP contribution in [-0.4, -0.2) is 35.8 Å². The summed E-state index contributed by atoms with van der Waals surface area (Å²) in [6, 6.07) is 7.57. The molecule has 1 saturated heterocycles. The molecule has 4 N–H and O–H groups in total.